The van der Waals surface area contributed by atoms with Crippen LogP contribution < -0.4 is 0 Å². The molecule has 0 saturated heterocycles. The molecule has 2 aromatic heterocycles. The molecule has 0 radical (unpaired) electrons. The van der Waals surface area contributed by atoms with Gasteiger partial charge in [-0.3, -0.25) is 0 Å². The summed E-state index contributed by atoms with van der Waals surface area (Å²) in [6, 6.07) is 0. The van der Waals surface area contributed by atoms with Gasteiger partial charge in [0.2, 0.25) is 0 Å². The van der Waals surface area contributed by atoms with Gasteiger partial charge < -0.3 is 9.84 Å². The summed E-state index contributed by atoms with van der Waals surface area (Å²) in [6.07, 6.45) is 0. The van der Waals surface area contributed by atoms with Crippen LogP contribution in [-0.4, -0.2) is 27.0 Å². The zero-order valence-corrected chi connectivity index (χ0v) is 11.3. The molecule has 0 bridgehead atoms. The molecule has 0 saturated carbocycles. The second-order valence-corrected chi connectivity index (χ2v) is 4.64. The predicted octanol–water partition coefficient (Wildman–Crippen LogP) is 1.98. The Bertz CT molecular complexity index is 607. The summed E-state index contributed by atoms with van der Waals surface area (Å²) >= 11 is 1.23. The lowest BCUT2D eigenvalue weighted by Gasteiger charge is -2.09. The second-order valence-electron chi connectivity index (χ2n) is 3.89. The molecule has 5 nitrogen and oxygen atoms in total. The first-order valence-corrected chi connectivity index (χ1v) is 6.40. The van der Waals surface area contributed by atoms with Gasteiger partial charge in [-0.15, -0.1) is 0 Å². The Balaban J connectivity index is 2.69. The van der Waals surface area contributed by atoms with Crippen LogP contribution in [-0.2, 0) is 11.3 Å². The van der Waals surface area contributed by atoms with E-state index in [0.717, 1.165) is 15.8 Å². The van der Waals surface area contributed by atoms with Crippen molar-refractivity contribution in [2.45, 2.75) is 27.4 Å². The van der Waals surface area contributed by atoms with Crippen LogP contribution in [0.4, 0.5) is 0 Å². The number of fused-ring (bicyclic) bond motifs is 1. The van der Waals surface area contributed by atoms with Crippen molar-refractivity contribution in [2.75, 3.05) is 6.61 Å². The normalized spacial score (nSPS) is 10.9. The van der Waals surface area contributed by atoms with Crippen LogP contribution in [0.3, 0.4) is 0 Å². The monoisotopic (exact) mass is 266 g/mol. The standard InChI is InChI=1S/C12H14N2O3S/c1-4-17-12(16)9-6(2)10-8(5-15)14-18-11(10)13-7(9)3/h15H,4-5H2,1-3H3. The van der Waals surface area contributed by atoms with E-state index < -0.39 is 0 Å². The first kappa shape index (κ1) is 12.9. The number of ether oxygens (including phenoxy) is 1. The minimum atomic E-state index is -0.378. The third-order valence-electron chi connectivity index (χ3n) is 2.76. The SMILES string of the molecule is CCOC(=O)c1c(C)nc2snc(CO)c2c1C. The molecule has 2 aromatic rings. The molecule has 0 aromatic carbocycles. The van der Waals surface area contributed by atoms with E-state index in [9.17, 15) is 9.90 Å². The number of carbonyl (C=O) groups is 1. The first-order chi connectivity index (χ1) is 8.60. The molecule has 2 heterocycles. The van der Waals surface area contributed by atoms with Crippen molar-refractivity contribution in [1.29, 1.82) is 0 Å². The van der Waals surface area contributed by atoms with Crippen molar-refractivity contribution in [3.8, 4) is 0 Å². The first-order valence-electron chi connectivity index (χ1n) is 5.63. The van der Waals surface area contributed by atoms with Gasteiger partial charge in [-0.2, -0.15) is 4.37 Å². The summed E-state index contributed by atoms with van der Waals surface area (Å²) in [5, 5.41) is 10.0. The van der Waals surface area contributed by atoms with Gasteiger partial charge >= 0.3 is 5.97 Å². The summed E-state index contributed by atoms with van der Waals surface area (Å²) in [7, 11) is 0. The van der Waals surface area contributed by atoms with Crippen molar-refractivity contribution < 1.29 is 14.6 Å². The van der Waals surface area contributed by atoms with Crippen LogP contribution in [0.25, 0.3) is 10.2 Å². The van der Waals surface area contributed by atoms with Gasteiger partial charge in [-0.1, -0.05) is 0 Å². The second kappa shape index (κ2) is 4.99. The Hall–Kier alpha value is -1.53. The van der Waals surface area contributed by atoms with Gasteiger partial charge in [-0.25, -0.2) is 9.78 Å². The smallest absolute Gasteiger partial charge is 0.340 e. The predicted molar refractivity (Wildman–Crippen MR) is 68.8 cm³/mol. The number of pyridine rings is 1. The van der Waals surface area contributed by atoms with Gasteiger partial charge in [0.25, 0.3) is 0 Å². The van der Waals surface area contributed by atoms with Gasteiger partial charge in [0.05, 0.1) is 30.2 Å². The van der Waals surface area contributed by atoms with E-state index in [1.54, 1.807) is 13.8 Å². The summed E-state index contributed by atoms with van der Waals surface area (Å²) in [5.41, 5.74) is 2.44. The molecule has 0 unspecified atom stereocenters. The molecule has 0 aliphatic carbocycles. The minimum absolute atomic E-state index is 0.159. The van der Waals surface area contributed by atoms with Crippen LogP contribution in [0.15, 0.2) is 0 Å². The summed E-state index contributed by atoms with van der Waals surface area (Å²) in [6.45, 7) is 5.53. The fraction of sp³-hybridized carbons (Fsp3) is 0.417. The lowest BCUT2D eigenvalue weighted by molar-refractivity contribution is 0.0524. The van der Waals surface area contributed by atoms with E-state index in [-0.39, 0.29) is 12.6 Å². The van der Waals surface area contributed by atoms with Crippen molar-refractivity contribution >= 4 is 27.7 Å². The highest BCUT2D eigenvalue weighted by atomic mass is 32.1. The van der Waals surface area contributed by atoms with Crippen molar-refractivity contribution in [3.63, 3.8) is 0 Å². The third-order valence-corrected chi connectivity index (χ3v) is 3.54. The topological polar surface area (TPSA) is 72.3 Å². The van der Waals surface area contributed by atoms with Crippen LogP contribution in [0.2, 0.25) is 0 Å². The van der Waals surface area contributed by atoms with E-state index in [2.05, 4.69) is 9.36 Å². The molecule has 18 heavy (non-hydrogen) atoms. The lowest BCUT2D eigenvalue weighted by atomic mass is 10.0. The molecule has 0 atom stereocenters. The Morgan fingerprint density at radius 1 is 1.44 bits per heavy atom. The van der Waals surface area contributed by atoms with Crippen molar-refractivity contribution in [3.05, 3.63) is 22.5 Å². The van der Waals surface area contributed by atoms with Gasteiger partial charge in [0.15, 0.2) is 0 Å². The largest absolute Gasteiger partial charge is 0.462 e. The molecule has 0 aliphatic rings. The molecule has 0 spiro atoms. The van der Waals surface area contributed by atoms with E-state index >= 15 is 0 Å². The average molecular weight is 266 g/mol. The van der Waals surface area contributed by atoms with Gasteiger partial charge in [0, 0.05) is 5.39 Å². The fourth-order valence-corrected chi connectivity index (χ4v) is 2.87. The van der Waals surface area contributed by atoms with E-state index in [1.807, 2.05) is 6.92 Å². The molecule has 96 valence electrons. The number of aromatic nitrogens is 2. The number of aryl methyl sites for hydroxylation is 2. The summed E-state index contributed by atoms with van der Waals surface area (Å²) in [4.78, 5) is 17.0. The molecule has 0 aliphatic heterocycles. The number of nitrogens with zero attached hydrogens (tertiary/aromatic N) is 2. The third kappa shape index (κ3) is 1.97. The molecule has 1 N–H and O–H groups in total. The van der Waals surface area contributed by atoms with Crippen molar-refractivity contribution in [1.82, 2.24) is 9.36 Å². The van der Waals surface area contributed by atoms with Crippen LogP contribution >= 0.6 is 11.5 Å². The Labute approximate surface area is 109 Å². The molecule has 2 rings (SSSR count). The van der Waals surface area contributed by atoms with Crippen LogP contribution in [0.5, 0.6) is 0 Å². The fourth-order valence-electron chi connectivity index (χ4n) is 1.98. The minimum Gasteiger partial charge on any atom is -0.462 e. The van der Waals surface area contributed by atoms with E-state index in [4.69, 9.17) is 4.74 Å². The molecular formula is C12H14N2O3S. The summed E-state index contributed by atoms with van der Waals surface area (Å²) < 4.78 is 9.17. The number of aliphatic hydroxyl groups is 1. The highest BCUT2D eigenvalue weighted by Gasteiger charge is 2.20. The van der Waals surface area contributed by atoms with E-state index in [0.29, 0.717) is 23.6 Å². The Morgan fingerprint density at radius 3 is 2.78 bits per heavy atom. The number of aliphatic hydroxyl groups excluding tert-OH is 1. The maximum Gasteiger partial charge on any atom is 0.340 e. The molecule has 0 fully saturated rings. The zero-order chi connectivity index (χ0) is 13.3. The van der Waals surface area contributed by atoms with Crippen molar-refractivity contribution in [2.24, 2.45) is 0 Å². The molecular weight excluding hydrogens is 252 g/mol. The Morgan fingerprint density at radius 2 is 2.17 bits per heavy atom. The lowest BCUT2D eigenvalue weighted by Crippen LogP contribution is -2.10. The number of hydrogen-bond donors (Lipinski definition) is 1. The number of hydrogen-bond acceptors (Lipinski definition) is 6. The maximum atomic E-state index is 11.9. The zero-order valence-electron chi connectivity index (χ0n) is 10.5. The van der Waals surface area contributed by atoms with Crippen LogP contribution in [0.1, 0.15) is 34.2 Å². The average Bonchev–Trinajstić information content (AvgIpc) is 2.72. The number of esters is 1. The number of rotatable bonds is 3. The highest BCUT2D eigenvalue weighted by Crippen LogP contribution is 2.28. The quantitative estimate of drug-likeness (QED) is 0.860. The molecule has 6 heteroatoms. The molecule has 0 amide bonds. The summed E-state index contributed by atoms with van der Waals surface area (Å²) in [5.74, 6) is -0.378. The highest BCUT2D eigenvalue weighted by molar-refractivity contribution is 7.13. The van der Waals surface area contributed by atoms with Crippen LogP contribution in [0, 0.1) is 13.8 Å². The Kier molecular flexibility index (Phi) is 3.58. The van der Waals surface area contributed by atoms with E-state index in [1.165, 1.54) is 11.5 Å². The van der Waals surface area contributed by atoms with Gasteiger partial charge in [0.1, 0.15) is 4.83 Å². The number of carbonyl (C=O) groups excluding carboxylic acids is 1. The van der Waals surface area contributed by atoms with Gasteiger partial charge in [-0.05, 0) is 37.9 Å². The maximum absolute atomic E-state index is 11.9.